The molecule has 4 heteroatoms. The Labute approximate surface area is 231 Å². The van der Waals surface area contributed by atoms with Gasteiger partial charge in [-0.3, -0.25) is 0 Å². The van der Waals surface area contributed by atoms with Gasteiger partial charge in [0.25, 0.3) is 0 Å². The van der Waals surface area contributed by atoms with Gasteiger partial charge < -0.3 is 17.0 Å². The summed E-state index contributed by atoms with van der Waals surface area (Å²) < 4.78 is 4.26. The van der Waals surface area contributed by atoms with Crippen molar-refractivity contribution >= 4 is 0 Å². The van der Waals surface area contributed by atoms with Crippen molar-refractivity contribution in [3.8, 4) is 5.69 Å². The summed E-state index contributed by atoms with van der Waals surface area (Å²) in [7, 11) is 0. The fourth-order valence-electron chi connectivity index (χ4n) is 4.63. The Kier molecular flexibility index (Phi) is 12.9. The molecule has 0 saturated heterocycles. The van der Waals surface area contributed by atoms with E-state index in [0.717, 1.165) is 18.7 Å². The van der Waals surface area contributed by atoms with Crippen LogP contribution in [0.4, 0.5) is 0 Å². The van der Waals surface area contributed by atoms with E-state index in [1.807, 2.05) is 0 Å². The van der Waals surface area contributed by atoms with Crippen LogP contribution in [0.5, 0.6) is 0 Å². The molecule has 0 aliphatic heterocycles. The average molecular weight is 555 g/mol. The molecule has 0 spiro atoms. The molecule has 1 aromatic heterocycles. The van der Waals surface area contributed by atoms with Gasteiger partial charge in [-0.05, 0) is 42.0 Å². The van der Waals surface area contributed by atoms with Crippen LogP contribution in [0, 0.1) is 6.92 Å². The molecule has 0 amide bonds. The maximum Gasteiger partial charge on any atom is 0.168 e. The van der Waals surface area contributed by atoms with E-state index in [4.69, 9.17) is 5.21 Å². The molecule has 0 radical (unpaired) electrons. The highest BCUT2D eigenvalue weighted by atomic mass is 79.9. The number of rotatable bonds is 14. The van der Waals surface area contributed by atoms with Crippen molar-refractivity contribution in [3.63, 3.8) is 0 Å². The number of unbranched alkanes of at least 4 members (excludes halogenated alkanes) is 9. The van der Waals surface area contributed by atoms with Gasteiger partial charge in [-0.1, -0.05) is 127 Å². The maximum atomic E-state index is 4.97. The Hall–Kier alpha value is -1.94. The standard InChI is InChI=1S/C32H48N3.BrH/c1-6-7-8-9-10-11-12-13-14-15-16-31-26-35(30-23-17-27(2)18-24-30)33-34(31)25-28-19-21-29(22-20-28)32(3,4)5;/h17-24,26H,6-16,25H2,1-5H3;1H/q+1;/p-1. The SMILES string of the molecule is CCCCCCCCCCCCc1c[n+](-c2ccc(C)cc2)nn1Cc1ccc(C(C)(C)C)cc1.[Br-]. The molecule has 0 bridgehead atoms. The molecule has 0 fully saturated rings. The zero-order valence-corrected chi connectivity index (χ0v) is 25.0. The first kappa shape index (κ1) is 30.3. The van der Waals surface area contributed by atoms with E-state index in [2.05, 4.69) is 98.7 Å². The van der Waals surface area contributed by atoms with Crippen molar-refractivity contribution in [3.05, 3.63) is 77.1 Å². The molecule has 0 aliphatic carbocycles. The molecule has 36 heavy (non-hydrogen) atoms. The third kappa shape index (κ3) is 9.84. The normalized spacial score (nSPS) is 11.5. The first-order valence-electron chi connectivity index (χ1n) is 14.0. The largest absolute Gasteiger partial charge is 1.00 e. The van der Waals surface area contributed by atoms with Gasteiger partial charge in [-0.15, -0.1) is 9.36 Å². The lowest BCUT2D eigenvalue weighted by Crippen LogP contribution is -3.00. The van der Waals surface area contributed by atoms with Crippen LogP contribution >= 0.6 is 0 Å². The molecule has 3 nitrogen and oxygen atoms in total. The highest BCUT2D eigenvalue weighted by molar-refractivity contribution is 5.28. The van der Waals surface area contributed by atoms with E-state index in [-0.39, 0.29) is 22.4 Å². The summed E-state index contributed by atoms with van der Waals surface area (Å²) >= 11 is 0. The number of hydrogen-bond donors (Lipinski definition) is 0. The summed E-state index contributed by atoms with van der Waals surface area (Å²) in [5.74, 6) is 0. The second-order valence-electron chi connectivity index (χ2n) is 11.3. The lowest BCUT2D eigenvalue weighted by molar-refractivity contribution is -0.661. The fourth-order valence-corrected chi connectivity index (χ4v) is 4.63. The van der Waals surface area contributed by atoms with Crippen molar-refractivity contribution in [2.75, 3.05) is 0 Å². The molecule has 3 rings (SSSR count). The number of aromatic nitrogens is 3. The van der Waals surface area contributed by atoms with Crippen LogP contribution in [0.2, 0.25) is 0 Å². The summed E-state index contributed by atoms with van der Waals surface area (Å²) in [4.78, 5) is 0. The Balaban J connectivity index is 0.00000456. The highest BCUT2D eigenvalue weighted by Crippen LogP contribution is 2.22. The number of halogens is 1. The molecule has 0 atom stereocenters. The smallest absolute Gasteiger partial charge is 0.168 e. The van der Waals surface area contributed by atoms with Crippen molar-refractivity contribution in [1.29, 1.82) is 0 Å². The van der Waals surface area contributed by atoms with Gasteiger partial charge in [0, 0.05) is 6.42 Å². The minimum atomic E-state index is 0. The number of hydrogen-bond acceptors (Lipinski definition) is 1. The zero-order chi connectivity index (χ0) is 25.1. The molecular weight excluding hydrogens is 506 g/mol. The first-order chi connectivity index (χ1) is 16.9. The van der Waals surface area contributed by atoms with Gasteiger partial charge in [-0.2, -0.15) is 0 Å². The fraction of sp³-hybridized carbons (Fsp3) is 0.562. The lowest BCUT2D eigenvalue weighted by atomic mass is 9.87. The van der Waals surface area contributed by atoms with Crippen molar-refractivity contribution in [2.45, 2.75) is 117 Å². The summed E-state index contributed by atoms with van der Waals surface area (Å²) in [5.41, 5.74) is 6.59. The summed E-state index contributed by atoms with van der Waals surface area (Å²) in [6.07, 6.45) is 17.0. The van der Waals surface area contributed by atoms with Gasteiger partial charge in [0.1, 0.15) is 6.54 Å². The van der Waals surface area contributed by atoms with Crippen LogP contribution in [0.3, 0.4) is 0 Å². The van der Waals surface area contributed by atoms with Crippen LogP contribution < -0.4 is 21.7 Å². The van der Waals surface area contributed by atoms with Gasteiger partial charge in [0.15, 0.2) is 17.6 Å². The molecule has 0 unspecified atom stereocenters. The Morgan fingerprint density at radius 1 is 0.750 bits per heavy atom. The van der Waals surface area contributed by atoms with E-state index in [1.165, 1.54) is 86.6 Å². The van der Waals surface area contributed by atoms with Gasteiger partial charge in [0.05, 0.1) is 5.21 Å². The van der Waals surface area contributed by atoms with Crippen molar-refractivity contribution < 1.29 is 21.7 Å². The molecule has 2 aromatic carbocycles. The second-order valence-corrected chi connectivity index (χ2v) is 11.3. The van der Waals surface area contributed by atoms with Crippen LogP contribution in [0.25, 0.3) is 5.69 Å². The third-order valence-corrected chi connectivity index (χ3v) is 7.04. The van der Waals surface area contributed by atoms with E-state index < -0.39 is 0 Å². The molecule has 198 valence electrons. The molecule has 3 aromatic rings. The number of aryl methyl sites for hydroxylation is 2. The summed E-state index contributed by atoms with van der Waals surface area (Å²) in [6.45, 7) is 12.0. The topological polar surface area (TPSA) is 21.7 Å². The van der Waals surface area contributed by atoms with E-state index >= 15 is 0 Å². The number of benzene rings is 2. The summed E-state index contributed by atoms with van der Waals surface area (Å²) in [5, 5.41) is 4.97. The predicted molar refractivity (Wildman–Crippen MR) is 148 cm³/mol. The van der Waals surface area contributed by atoms with Crippen LogP contribution in [0.1, 0.15) is 114 Å². The molecule has 0 N–H and O–H groups in total. The quantitative estimate of drug-likeness (QED) is 0.196. The Morgan fingerprint density at radius 2 is 1.31 bits per heavy atom. The van der Waals surface area contributed by atoms with Crippen LogP contribution in [-0.2, 0) is 18.4 Å². The molecular formula is C32H48BrN3. The van der Waals surface area contributed by atoms with Gasteiger partial charge in [-0.25, -0.2) is 0 Å². The van der Waals surface area contributed by atoms with E-state index in [0.29, 0.717) is 0 Å². The average Bonchev–Trinajstić information content (AvgIpc) is 3.23. The van der Waals surface area contributed by atoms with Crippen LogP contribution in [0.15, 0.2) is 54.7 Å². The first-order valence-corrected chi connectivity index (χ1v) is 14.0. The van der Waals surface area contributed by atoms with E-state index in [9.17, 15) is 0 Å². The minimum Gasteiger partial charge on any atom is -1.00 e. The maximum absolute atomic E-state index is 4.97. The lowest BCUT2D eigenvalue weighted by Gasteiger charge is -2.18. The second kappa shape index (κ2) is 15.3. The molecule has 0 aliphatic rings. The van der Waals surface area contributed by atoms with Crippen molar-refractivity contribution in [1.82, 2.24) is 9.90 Å². The minimum absolute atomic E-state index is 0. The predicted octanol–water partition coefficient (Wildman–Crippen LogP) is 5.28. The monoisotopic (exact) mass is 553 g/mol. The summed E-state index contributed by atoms with van der Waals surface area (Å²) in [6, 6.07) is 17.7. The molecule has 1 heterocycles. The highest BCUT2D eigenvalue weighted by Gasteiger charge is 2.18. The zero-order valence-electron chi connectivity index (χ0n) is 23.4. The van der Waals surface area contributed by atoms with Crippen LogP contribution in [-0.4, -0.2) is 9.90 Å². The Morgan fingerprint density at radius 3 is 1.86 bits per heavy atom. The molecule has 0 saturated carbocycles. The Bertz CT molecular complexity index is 997. The van der Waals surface area contributed by atoms with Gasteiger partial charge in [0.2, 0.25) is 0 Å². The number of nitrogens with zero attached hydrogens (tertiary/aromatic N) is 3. The van der Waals surface area contributed by atoms with Crippen molar-refractivity contribution in [2.24, 2.45) is 0 Å². The van der Waals surface area contributed by atoms with Gasteiger partial charge >= 0.3 is 0 Å². The van der Waals surface area contributed by atoms with E-state index in [1.54, 1.807) is 0 Å². The third-order valence-electron chi connectivity index (χ3n) is 7.04.